The predicted octanol–water partition coefficient (Wildman–Crippen LogP) is 3.51. The molecule has 0 spiro atoms. The minimum atomic E-state index is -5.52. The quantitative estimate of drug-likeness (QED) is 0.847. The summed E-state index contributed by atoms with van der Waals surface area (Å²) in [4.78, 5) is 10.8. The van der Waals surface area contributed by atoms with Crippen molar-refractivity contribution in [1.29, 1.82) is 0 Å². The van der Waals surface area contributed by atoms with Crippen LogP contribution in [0.1, 0.15) is 10.4 Å². The van der Waals surface area contributed by atoms with Crippen LogP contribution in [0, 0.1) is 11.6 Å². The van der Waals surface area contributed by atoms with Gasteiger partial charge in [0, 0.05) is 11.6 Å². The molecule has 0 aliphatic heterocycles. The maximum atomic E-state index is 13.4. The van der Waals surface area contributed by atoms with Crippen molar-refractivity contribution in [3.05, 3.63) is 59.7 Å². The number of sulfone groups is 1. The Morgan fingerprint density at radius 1 is 0.958 bits per heavy atom. The lowest BCUT2D eigenvalue weighted by Crippen LogP contribution is -2.23. The molecule has 2 aromatic rings. The summed E-state index contributed by atoms with van der Waals surface area (Å²) in [5.41, 5.74) is -6.01. The predicted molar refractivity (Wildman–Crippen MR) is 74.0 cm³/mol. The highest BCUT2D eigenvalue weighted by molar-refractivity contribution is 7.92. The lowest BCUT2D eigenvalue weighted by molar-refractivity contribution is -0.0436. The van der Waals surface area contributed by atoms with Gasteiger partial charge in [0.1, 0.15) is 11.6 Å². The van der Waals surface area contributed by atoms with Crippen molar-refractivity contribution in [3.63, 3.8) is 0 Å². The van der Waals surface area contributed by atoms with Gasteiger partial charge in [-0.2, -0.15) is 13.2 Å². The minimum absolute atomic E-state index is 0.208. The van der Waals surface area contributed by atoms with Crippen LogP contribution in [0.5, 0.6) is 0 Å². The molecule has 2 rings (SSSR count). The van der Waals surface area contributed by atoms with Gasteiger partial charge in [-0.3, -0.25) is 4.79 Å². The van der Waals surface area contributed by atoms with E-state index in [1.165, 1.54) is 0 Å². The maximum absolute atomic E-state index is 13.4. The highest BCUT2D eigenvalue weighted by Gasteiger charge is 2.46. The van der Waals surface area contributed by atoms with Crippen LogP contribution < -0.4 is 5.32 Å². The number of benzene rings is 2. The van der Waals surface area contributed by atoms with Crippen molar-refractivity contribution >= 4 is 21.4 Å². The number of alkyl halides is 3. The number of rotatable bonds is 3. The summed E-state index contributed by atoms with van der Waals surface area (Å²) in [6, 6.07) is 5.31. The Morgan fingerprint density at radius 3 is 2.04 bits per heavy atom. The number of carbonyl (C=O) groups excluding carboxylic acids is 1. The van der Waals surface area contributed by atoms with Crippen LogP contribution in [0.25, 0.3) is 0 Å². The van der Waals surface area contributed by atoms with Gasteiger partial charge in [-0.05, 0) is 36.4 Å². The van der Waals surface area contributed by atoms with Gasteiger partial charge in [0.15, 0.2) is 0 Å². The molecule has 0 unspecified atom stereocenters. The van der Waals surface area contributed by atoms with Crippen LogP contribution in [-0.4, -0.2) is 19.8 Å². The molecule has 1 N–H and O–H groups in total. The number of amides is 1. The normalized spacial score (nSPS) is 12.0. The molecule has 0 saturated carbocycles. The van der Waals surface area contributed by atoms with Crippen molar-refractivity contribution in [3.8, 4) is 0 Å². The Hall–Kier alpha value is -2.49. The van der Waals surface area contributed by atoms with Crippen LogP contribution in [0.15, 0.2) is 47.4 Å². The third-order valence-corrected chi connectivity index (χ3v) is 4.41. The van der Waals surface area contributed by atoms with E-state index in [0.717, 1.165) is 24.3 Å². The number of carbonyl (C=O) groups is 1. The first-order valence-corrected chi connectivity index (χ1v) is 7.68. The fourth-order valence-electron chi connectivity index (χ4n) is 1.70. The van der Waals surface area contributed by atoms with Crippen LogP contribution >= 0.6 is 0 Å². The van der Waals surface area contributed by atoms with Gasteiger partial charge in [-0.25, -0.2) is 17.2 Å². The van der Waals surface area contributed by atoms with Gasteiger partial charge < -0.3 is 5.32 Å². The first-order chi connectivity index (χ1) is 11.0. The van der Waals surface area contributed by atoms with Gasteiger partial charge in [0.05, 0.1) is 10.6 Å². The molecule has 1 amide bonds. The molecule has 0 radical (unpaired) electrons. The number of halogens is 5. The molecule has 0 atom stereocenters. The van der Waals surface area contributed by atoms with Crippen molar-refractivity contribution in [2.75, 3.05) is 5.32 Å². The second kappa shape index (κ2) is 6.19. The monoisotopic (exact) mass is 365 g/mol. The van der Waals surface area contributed by atoms with Crippen molar-refractivity contribution in [2.45, 2.75) is 10.4 Å². The van der Waals surface area contributed by atoms with Crippen molar-refractivity contribution in [2.24, 2.45) is 0 Å². The van der Waals surface area contributed by atoms with E-state index in [0.29, 0.717) is 18.2 Å². The molecule has 0 aliphatic carbocycles. The summed E-state index contributed by atoms with van der Waals surface area (Å²) in [6.07, 6.45) is 0. The largest absolute Gasteiger partial charge is 0.501 e. The smallest absolute Gasteiger partial charge is 0.319 e. The number of hydrogen-bond acceptors (Lipinski definition) is 3. The topological polar surface area (TPSA) is 63.2 Å². The maximum Gasteiger partial charge on any atom is 0.501 e. The zero-order chi connectivity index (χ0) is 18.1. The average Bonchev–Trinajstić information content (AvgIpc) is 2.49. The third-order valence-electron chi connectivity index (χ3n) is 2.91. The van der Waals surface area contributed by atoms with Gasteiger partial charge in [0.25, 0.3) is 15.7 Å². The first kappa shape index (κ1) is 17.9. The second-order valence-corrected chi connectivity index (χ2v) is 6.49. The molecule has 0 aromatic heterocycles. The van der Waals surface area contributed by atoms with Gasteiger partial charge in [0.2, 0.25) is 0 Å². The van der Waals surface area contributed by atoms with Crippen molar-refractivity contribution in [1.82, 2.24) is 0 Å². The minimum Gasteiger partial charge on any atom is -0.319 e. The van der Waals surface area contributed by atoms with Crippen molar-refractivity contribution < 1.29 is 35.2 Å². The van der Waals surface area contributed by atoms with E-state index in [9.17, 15) is 35.2 Å². The zero-order valence-corrected chi connectivity index (χ0v) is 12.4. The molecule has 0 bridgehead atoms. The summed E-state index contributed by atoms with van der Waals surface area (Å²) >= 11 is 0. The standard InChI is InChI=1S/C14H8F5NO3S/c15-9-3-6-12(11(16)7-9)20-13(21)8-1-4-10(5-2-8)24(22,23)14(17,18)19/h1-7H,(H,20,21). The number of anilines is 1. The molecule has 0 heterocycles. The third kappa shape index (κ3) is 3.53. The van der Waals surface area contributed by atoms with Gasteiger partial charge in [-0.15, -0.1) is 0 Å². The van der Waals surface area contributed by atoms with Crippen LogP contribution in [0.4, 0.5) is 27.6 Å². The highest BCUT2D eigenvalue weighted by atomic mass is 32.2. The lowest BCUT2D eigenvalue weighted by atomic mass is 10.2. The Morgan fingerprint density at radius 2 is 1.54 bits per heavy atom. The molecule has 2 aromatic carbocycles. The fraction of sp³-hybridized carbons (Fsp3) is 0.0714. The van der Waals surface area contributed by atoms with E-state index < -0.39 is 37.8 Å². The summed E-state index contributed by atoms with van der Waals surface area (Å²) in [5, 5.41) is 2.09. The molecule has 0 aliphatic rings. The Kier molecular flexibility index (Phi) is 4.61. The van der Waals surface area contributed by atoms with Gasteiger partial charge in [-0.1, -0.05) is 0 Å². The molecule has 4 nitrogen and oxygen atoms in total. The molecular weight excluding hydrogens is 357 g/mol. The van der Waals surface area contributed by atoms with E-state index >= 15 is 0 Å². The molecule has 0 fully saturated rings. The molecule has 24 heavy (non-hydrogen) atoms. The summed E-state index contributed by atoms with van der Waals surface area (Å²) in [5.74, 6) is -2.80. The van der Waals surface area contributed by atoms with Crippen LogP contribution in [-0.2, 0) is 9.84 Å². The number of hydrogen-bond donors (Lipinski definition) is 1. The van der Waals surface area contributed by atoms with E-state index in [2.05, 4.69) is 5.32 Å². The SMILES string of the molecule is O=C(Nc1ccc(F)cc1F)c1ccc(S(=O)(=O)C(F)(F)F)cc1. The second-order valence-electron chi connectivity index (χ2n) is 4.55. The summed E-state index contributed by atoms with van der Waals surface area (Å²) in [7, 11) is -5.52. The lowest BCUT2D eigenvalue weighted by Gasteiger charge is -2.09. The van der Waals surface area contributed by atoms with Crippen LogP contribution in [0.2, 0.25) is 0 Å². The summed E-state index contributed by atoms with van der Waals surface area (Å²) < 4.78 is 85.8. The Labute approximate surface area is 132 Å². The molecular formula is C14H8F5NO3S. The van der Waals surface area contributed by atoms with Crippen LogP contribution in [0.3, 0.4) is 0 Å². The van der Waals surface area contributed by atoms with Gasteiger partial charge >= 0.3 is 5.51 Å². The highest BCUT2D eigenvalue weighted by Crippen LogP contribution is 2.30. The van der Waals surface area contributed by atoms with E-state index in [1.807, 2.05) is 0 Å². The molecule has 0 saturated heterocycles. The van der Waals surface area contributed by atoms with E-state index in [-0.39, 0.29) is 11.3 Å². The fourth-order valence-corrected chi connectivity index (χ4v) is 2.47. The molecule has 128 valence electrons. The Balaban J connectivity index is 2.23. The first-order valence-electron chi connectivity index (χ1n) is 6.20. The van der Waals surface area contributed by atoms with E-state index in [1.54, 1.807) is 0 Å². The molecule has 10 heteroatoms. The summed E-state index contributed by atoms with van der Waals surface area (Å²) in [6.45, 7) is 0. The van der Waals surface area contributed by atoms with E-state index in [4.69, 9.17) is 0 Å². The zero-order valence-electron chi connectivity index (χ0n) is 11.6. The Bertz CT molecular complexity index is 876. The average molecular weight is 365 g/mol. The number of nitrogens with one attached hydrogen (secondary N) is 1.